The fourth-order valence-corrected chi connectivity index (χ4v) is 2.34. The molecule has 1 aromatic carbocycles. The van der Waals surface area contributed by atoms with Crippen molar-refractivity contribution in [3.05, 3.63) is 28.2 Å². The molecule has 1 fully saturated rings. The van der Waals surface area contributed by atoms with Crippen LogP contribution in [0.5, 0.6) is 0 Å². The van der Waals surface area contributed by atoms with Crippen LogP contribution in [0.25, 0.3) is 0 Å². The van der Waals surface area contributed by atoms with Crippen molar-refractivity contribution >= 4 is 27.5 Å². The van der Waals surface area contributed by atoms with Crippen LogP contribution in [0, 0.1) is 6.92 Å². The van der Waals surface area contributed by atoms with Crippen LogP contribution in [0.4, 0.5) is 5.69 Å². The quantitative estimate of drug-likeness (QED) is 0.881. The summed E-state index contributed by atoms with van der Waals surface area (Å²) in [4.78, 5) is 11.8. The molecule has 17 heavy (non-hydrogen) atoms. The summed E-state index contributed by atoms with van der Waals surface area (Å²) in [5.41, 5.74) is 2.19. The molecule has 92 valence electrons. The Hall–Kier alpha value is -1.03. The summed E-state index contributed by atoms with van der Waals surface area (Å²) in [7, 11) is 0. The first-order valence-electron chi connectivity index (χ1n) is 5.97. The number of carbonyl (C=O) groups excluding carboxylic acids is 1. The third kappa shape index (κ3) is 3.22. The van der Waals surface area contributed by atoms with Crippen LogP contribution in [-0.4, -0.2) is 18.5 Å². The van der Waals surface area contributed by atoms with Crippen LogP contribution in [0.3, 0.4) is 0 Å². The number of carbonyl (C=O) groups is 1. The van der Waals surface area contributed by atoms with Crippen molar-refractivity contribution < 1.29 is 4.79 Å². The third-order valence-electron chi connectivity index (χ3n) is 3.05. The van der Waals surface area contributed by atoms with Gasteiger partial charge in [0.05, 0.1) is 0 Å². The Kier molecular flexibility index (Phi) is 4.05. The predicted octanol–water partition coefficient (Wildman–Crippen LogP) is 2.84. The molecule has 1 aliphatic rings. The summed E-state index contributed by atoms with van der Waals surface area (Å²) in [6.07, 6.45) is 3.06. The second kappa shape index (κ2) is 5.54. The third-order valence-corrected chi connectivity index (χ3v) is 3.90. The molecular weight excluding hydrogens is 280 g/mol. The Bertz CT molecular complexity index is 420. The smallest absolute Gasteiger partial charge is 0.242 e. The number of halogens is 1. The van der Waals surface area contributed by atoms with Crippen molar-refractivity contribution in [2.75, 3.05) is 11.9 Å². The molecule has 1 saturated heterocycles. The van der Waals surface area contributed by atoms with Gasteiger partial charge >= 0.3 is 0 Å². The predicted molar refractivity (Wildman–Crippen MR) is 73.2 cm³/mol. The zero-order valence-corrected chi connectivity index (χ0v) is 11.5. The highest BCUT2D eigenvalue weighted by atomic mass is 79.9. The van der Waals surface area contributed by atoms with Crippen LogP contribution in [0.2, 0.25) is 0 Å². The maximum atomic E-state index is 11.8. The molecule has 0 saturated carbocycles. The minimum atomic E-state index is -0.105. The average Bonchev–Trinajstić information content (AvgIpc) is 2.50. The van der Waals surface area contributed by atoms with Crippen LogP contribution < -0.4 is 10.6 Å². The van der Waals surface area contributed by atoms with Gasteiger partial charge in [-0.05, 0) is 43.9 Å². The summed E-state index contributed by atoms with van der Waals surface area (Å²) in [6, 6.07) is 5.97. The first-order valence-corrected chi connectivity index (χ1v) is 6.76. The normalized spacial score (nSPS) is 20.6. The molecule has 1 aliphatic heterocycles. The zero-order chi connectivity index (χ0) is 12.3. The molecule has 0 aliphatic carbocycles. The second-order valence-corrected chi connectivity index (χ2v) is 5.30. The molecular formula is C13H17BrN2O. The maximum Gasteiger partial charge on any atom is 0.242 e. The summed E-state index contributed by atoms with van der Waals surface area (Å²) < 4.78 is 1.07. The number of anilines is 1. The van der Waals surface area contributed by atoms with Gasteiger partial charge in [-0.1, -0.05) is 22.0 Å². The van der Waals surface area contributed by atoms with Crippen LogP contribution in [0.1, 0.15) is 24.8 Å². The lowest BCUT2D eigenvalue weighted by Crippen LogP contribution is -2.37. The first kappa shape index (κ1) is 12.4. The van der Waals surface area contributed by atoms with E-state index in [1.807, 2.05) is 25.1 Å². The molecule has 1 atom stereocenters. The Labute approximate surface area is 110 Å². The molecule has 0 spiro atoms. The standard InChI is InChI=1S/C13H17BrN2O/c1-9-5-6-10(8-11(9)14)16-12-4-2-3-7-15-13(12)17/h5-6,8,12,16H,2-4,7H2,1H3,(H,15,17)/t12-/m1/s1. The van der Waals surface area contributed by atoms with Gasteiger partial charge in [-0.15, -0.1) is 0 Å². The Morgan fingerprint density at radius 2 is 2.24 bits per heavy atom. The lowest BCUT2D eigenvalue weighted by molar-refractivity contribution is -0.121. The maximum absolute atomic E-state index is 11.8. The second-order valence-electron chi connectivity index (χ2n) is 4.45. The zero-order valence-electron chi connectivity index (χ0n) is 9.92. The fraction of sp³-hybridized carbons (Fsp3) is 0.462. The van der Waals surface area contributed by atoms with Crippen molar-refractivity contribution in [1.82, 2.24) is 5.32 Å². The van der Waals surface area contributed by atoms with Gasteiger partial charge in [-0.25, -0.2) is 0 Å². The average molecular weight is 297 g/mol. The van der Waals surface area contributed by atoms with Crippen LogP contribution in [-0.2, 0) is 4.79 Å². The molecule has 0 bridgehead atoms. The number of benzene rings is 1. The molecule has 0 unspecified atom stereocenters. The monoisotopic (exact) mass is 296 g/mol. The first-order chi connectivity index (χ1) is 8.16. The molecule has 0 aromatic heterocycles. The van der Waals surface area contributed by atoms with Crippen molar-refractivity contribution in [3.8, 4) is 0 Å². The van der Waals surface area contributed by atoms with Crippen molar-refractivity contribution in [2.45, 2.75) is 32.2 Å². The van der Waals surface area contributed by atoms with Gasteiger partial charge in [0.1, 0.15) is 6.04 Å². The SMILES string of the molecule is Cc1ccc(N[C@@H]2CCCCNC2=O)cc1Br. The van der Waals surface area contributed by atoms with E-state index in [1.54, 1.807) is 0 Å². The number of nitrogens with one attached hydrogen (secondary N) is 2. The highest BCUT2D eigenvalue weighted by Crippen LogP contribution is 2.22. The van der Waals surface area contributed by atoms with Gasteiger partial charge in [0.15, 0.2) is 0 Å². The highest BCUT2D eigenvalue weighted by molar-refractivity contribution is 9.10. The molecule has 4 heteroatoms. The molecule has 2 N–H and O–H groups in total. The number of amides is 1. The van der Waals surface area contributed by atoms with E-state index in [0.717, 1.165) is 36.0 Å². The van der Waals surface area contributed by atoms with E-state index in [1.165, 1.54) is 5.56 Å². The number of aryl methyl sites for hydroxylation is 1. The van der Waals surface area contributed by atoms with Crippen molar-refractivity contribution in [1.29, 1.82) is 0 Å². The van der Waals surface area contributed by atoms with E-state index in [0.29, 0.717) is 0 Å². The molecule has 3 nitrogen and oxygen atoms in total. The van der Waals surface area contributed by atoms with E-state index >= 15 is 0 Å². The van der Waals surface area contributed by atoms with Crippen LogP contribution >= 0.6 is 15.9 Å². The largest absolute Gasteiger partial charge is 0.374 e. The van der Waals surface area contributed by atoms with Gasteiger partial charge in [0.2, 0.25) is 5.91 Å². The summed E-state index contributed by atoms with van der Waals surface area (Å²) in [6.45, 7) is 2.85. The van der Waals surface area contributed by atoms with E-state index in [2.05, 4.69) is 26.6 Å². The molecule has 1 aromatic rings. The summed E-state index contributed by atoms with van der Waals surface area (Å²) in [5, 5.41) is 6.22. The summed E-state index contributed by atoms with van der Waals surface area (Å²) in [5.74, 6) is 0.110. The van der Waals surface area contributed by atoms with Crippen molar-refractivity contribution in [2.24, 2.45) is 0 Å². The van der Waals surface area contributed by atoms with E-state index in [9.17, 15) is 4.79 Å². The molecule has 0 radical (unpaired) electrons. The van der Waals surface area contributed by atoms with Gasteiger partial charge in [0, 0.05) is 16.7 Å². The molecule has 1 amide bonds. The van der Waals surface area contributed by atoms with E-state index < -0.39 is 0 Å². The minimum absolute atomic E-state index is 0.105. The van der Waals surface area contributed by atoms with Crippen molar-refractivity contribution in [3.63, 3.8) is 0 Å². The Morgan fingerprint density at radius 3 is 3.00 bits per heavy atom. The van der Waals surface area contributed by atoms with Gasteiger partial charge < -0.3 is 10.6 Å². The Balaban J connectivity index is 2.08. The summed E-state index contributed by atoms with van der Waals surface area (Å²) >= 11 is 3.50. The fourth-order valence-electron chi connectivity index (χ4n) is 1.96. The highest BCUT2D eigenvalue weighted by Gasteiger charge is 2.20. The van der Waals surface area contributed by atoms with Gasteiger partial charge in [-0.2, -0.15) is 0 Å². The lowest BCUT2D eigenvalue weighted by Gasteiger charge is -2.17. The number of hydrogen-bond acceptors (Lipinski definition) is 2. The van der Waals surface area contributed by atoms with E-state index in [-0.39, 0.29) is 11.9 Å². The number of rotatable bonds is 2. The number of hydrogen-bond donors (Lipinski definition) is 2. The lowest BCUT2D eigenvalue weighted by atomic mass is 10.1. The molecule has 2 rings (SSSR count). The molecule has 1 heterocycles. The van der Waals surface area contributed by atoms with E-state index in [4.69, 9.17) is 0 Å². The topological polar surface area (TPSA) is 41.1 Å². The van der Waals surface area contributed by atoms with Gasteiger partial charge in [-0.3, -0.25) is 4.79 Å². The minimum Gasteiger partial charge on any atom is -0.374 e. The van der Waals surface area contributed by atoms with Gasteiger partial charge in [0.25, 0.3) is 0 Å². The Morgan fingerprint density at radius 1 is 1.41 bits per heavy atom. The van der Waals surface area contributed by atoms with Crippen LogP contribution in [0.15, 0.2) is 22.7 Å².